The van der Waals surface area contributed by atoms with Crippen molar-refractivity contribution < 1.29 is 31.9 Å². The molecule has 0 fully saturated rings. The van der Waals surface area contributed by atoms with E-state index in [1.165, 1.54) is 50.2 Å². The van der Waals surface area contributed by atoms with Gasteiger partial charge in [-0.3, -0.25) is 14.9 Å². The number of anilines is 1. The van der Waals surface area contributed by atoms with Crippen LogP contribution in [0, 0.1) is 24.0 Å². The van der Waals surface area contributed by atoms with E-state index in [0.29, 0.717) is 5.69 Å². The van der Waals surface area contributed by atoms with Gasteiger partial charge in [0.1, 0.15) is 10.6 Å². The lowest BCUT2D eigenvalue weighted by atomic mass is 10.2. The van der Waals surface area contributed by atoms with Gasteiger partial charge in [-0.25, -0.2) is 4.79 Å². The quantitative estimate of drug-likeness (QED) is 0.211. The average molecular weight is 499 g/mol. The fourth-order valence-corrected chi connectivity index (χ4v) is 4.20. The number of ether oxygens (including phenoxy) is 1. The number of benzene rings is 3. The molecule has 0 radical (unpaired) electrons. The molecule has 0 aromatic heterocycles. The summed E-state index contributed by atoms with van der Waals surface area (Å²) < 4.78 is 35.5. The van der Waals surface area contributed by atoms with Crippen molar-refractivity contribution in [1.82, 2.24) is 0 Å². The van der Waals surface area contributed by atoms with E-state index in [-0.39, 0.29) is 21.8 Å². The van der Waals surface area contributed by atoms with Gasteiger partial charge >= 0.3 is 16.1 Å². The fourth-order valence-electron chi connectivity index (χ4n) is 3.02. The maximum atomic E-state index is 12.6. The molecule has 10 nitrogen and oxygen atoms in total. The zero-order valence-corrected chi connectivity index (χ0v) is 19.9. The molecule has 182 valence electrons. The minimum atomic E-state index is -4.37. The van der Waals surface area contributed by atoms with Crippen molar-refractivity contribution >= 4 is 33.4 Å². The van der Waals surface area contributed by atoms with Crippen molar-refractivity contribution in [3.8, 4) is 5.75 Å². The van der Waals surface area contributed by atoms with Crippen LogP contribution in [-0.2, 0) is 19.6 Å². The minimum absolute atomic E-state index is 0.0665. The molecule has 1 atom stereocenters. The summed E-state index contributed by atoms with van der Waals surface area (Å²) in [5.74, 6) is -1.41. The zero-order chi connectivity index (χ0) is 25.8. The van der Waals surface area contributed by atoms with E-state index in [1.54, 1.807) is 12.1 Å². The molecule has 0 heterocycles. The molecule has 3 aromatic carbocycles. The first kappa shape index (κ1) is 25.4. The van der Waals surface area contributed by atoms with Gasteiger partial charge in [-0.05, 0) is 62.2 Å². The number of esters is 1. The normalized spacial score (nSPS) is 11.9. The third kappa shape index (κ3) is 6.21. The Bertz CT molecular complexity index is 1380. The molecule has 0 bridgehead atoms. The summed E-state index contributed by atoms with van der Waals surface area (Å²) in [5.41, 5.74) is 1.40. The molecule has 3 rings (SSSR count). The van der Waals surface area contributed by atoms with Gasteiger partial charge in [-0.15, -0.1) is 0 Å². The Balaban J connectivity index is 1.67. The Morgan fingerprint density at radius 2 is 1.63 bits per heavy atom. The number of carbonyl (C=O) groups is 2. The molecule has 0 saturated heterocycles. The first-order valence-electron chi connectivity index (χ1n) is 10.3. The third-order valence-corrected chi connectivity index (χ3v) is 6.39. The van der Waals surface area contributed by atoms with Gasteiger partial charge in [0.25, 0.3) is 11.6 Å². The van der Waals surface area contributed by atoms with E-state index in [9.17, 15) is 28.1 Å². The van der Waals surface area contributed by atoms with Crippen LogP contribution in [0.1, 0.15) is 28.4 Å². The van der Waals surface area contributed by atoms with Crippen LogP contribution in [0.4, 0.5) is 11.4 Å². The standard InChI is InChI=1S/C24H22N2O8S/c1-15-6-4-5-7-21(15)25-23(27)17(3)33-24(28)18-9-12-20(13-10-18)34-35(31,32)22-14-19(26(29)30)11-8-16(22)2/h4-14,17H,1-3H3,(H,25,27). The maximum absolute atomic E-state index is 12.6. The van der Waals surface area contributed by atoms with Gasteiger partial charge in [0.05, 0.1) is 10.5 Å². The number of hydrogen-bond acceptors (Lipinski definition) is 8. The van der Waals surface area contributed by atoms with Crippen LogP contribution >= 0.6 is 0 Å². The van der Waals surface area contributed by atoms with Crippen LogP contribution < -0.4 is 9.50 Å². The van der Waals surface area contributed by atoms with E-state index in [0.717, 1.165) is 11.6 Å². The molecule has 0 saturated carbocycles. The smallest absolute Gasteiger partial charge is 0.339 e. The molecule has 1 amide bonds. The SMILES string of the molecule is Cc1ccccc1NC(=O)C(C)OC(=O)c1ccc(OS(=O)(=O)c2cc([N+](=O)[O-])ccc2C)cc1. The number of aryl methyl sites for hydroxylation is 2. The monoisotopic (exact) mass is 498 g/mol. The number of amides is 1. The van der Waals surface area contributed by atoms with Gasteiger partial charge in [0.15, 0.2) is 6.10 Å². The summed E-state index contributed by atoms with van der Waals surface area (Å²) in [4.78, 5) is 34.7. The molecule has 1 N–H and O–H groups in total. The molecular weight excluding hydrogens is 476 g/mol. The first-order valence-corrected chi connectivity index (χ1v) is 11.8. The minimum Gasteiger partial charge on any atom is -0.449 e. The molecular formula is C24H22N2O8S. The van der Waals surface area contributed by atoms with Crippen molar-refractivity contribution in [3.05, 3.63) is 93.5 Å². The van der Waals surface area contributed by atoms with Crippen LogP contribution in [0.3, 0.4) is 0 Å². The van der Waals surface area contributed by atoms with Crippen molar-refractivity contribution in [1.29, 1.82) is 0 Å². The van der Waals surface area contributed by atoms with Crippen LogP contribution in [0.5, 0.6) is 5.75 Å². The molecule has 1 unspecified atom stereocenters. The predicted molar refractivity (Wildman–Crippen MR) is 127 cm³/mol. The van der Waals surface area contributed by atoms with Crippen molar-refractivity contribution in [2.24, 2.45) is 0 Å². The number of nitrogens with one attached hydrogen (secondary N) is 1. The number of rotatable bonds is 8. The van der Waals surface area contributed by atoms with Crippen molar-refractivity contribution in [2.45, 2.75) is 31.8 Å². The summed E-state index contributed by atoms with van der Waals surface area (Å²) in [6.07, 6.45) is -1.09. The summed E-state index contributed by atoms with van der Waals surface area (Å²) >= 11 is 0. The number of non-ortho nitro benzene ring substituents is 1. The molecule has 0 spiro atoms. The highest BCUT2D eigenvalue weighted by Gasteiger charge is 2.24. The number of nitro benzene ring substituents is 1. The fraction of sp³-hybridized carbons (Fsp3) is 0.167. The van der Waals surface area contributed by atoms with Crippen LogP contribution in [-0.4, -0.2) is 31.3 Å². The molecule has 35 heavy (non-hydrogen) atoms. The van der Waals surface area contributed by atoms with Crippen LogP contribution in [0.2, 0.25) is 0 Å². The van der Waals surface area contributed by atoms with Crippen LogP contribution in [0.15, 0.2) is 71.6 Å². The van der Waals surface area contributed by atoms with Crippen molar-refractivity contribution in [3.63, 3.8) is 0 Å². The summed E-state index contributed by atoms with van der Waals surface area (Å²) in [6.45, 7) is 4.74. The first-order chi connectivity index (χ1) is 16.5. The van der Waals surface area contributed by atoms with Crippen LogP contribution in [0.25, 0.3) is 0 Å². The topological polar surface area (TPSA) is 142 Å². The van der Waals surface area contributed by atoms with Crippen molar-refractivity contribution in [2.75, 3.05) is 5.32 Å². The second kappa shape index (κ2) is 10.3. The van der Waals surface area contributed by atoms with E-state index >= 15 is 0 Å². The second-order valence-corrected chi connectivity index (χ2v) is 9.14. The molecule has 0 aliphatic rings. The van der Waals surface area contributed by atoms with E-state index in [2.05, 4.69) is 5.32 Å². The zero-order valence-electron chi connectivity index (χ0n) is 19.0. The molecule has 0 aliphatic heterocycles. The molecule has 3 aromatic rings. The van der Waals surface area contributed by atoms with E-state index in [1.807, 2.05) is 19.1 Å². The lowest BCUT2D eigenvalue weighted by Crippen LogP contribution is -2.30. The molecule has 11 heteroatoms. The van der Waals surface area contributed by atoms with E-state index < -0.39 is 38.7 Å². The predicted octanol–water partition coefficient (Wildman–Crippen LogP) is 4.16. The van der Waals surface area contributed by atoms with Gasteiger partial charge in [0.2, 0.25) is 0 Å². The Morgan fingerprint density at radius 3 is 2.26 bits per heavy atom. The summed E-state index contributed by atoms with van der Waals surface area (Å²) in [5, 5.41) is 13.7. The van der Waals surface area contributed by atoms with Gasteiger partial charge in [0, 0.05) is 17.8 Å². The number of nitrogens with zero attached hydrogens (tertiary/aromatic N) is 1. The third-order valence-electron chi connectivity index (χ3n) is 5.00. The average Bonchev–Trinajstić information content (AvgIpc) is 2.80. The Kier molecular flexibility index (Phi) is 7.50. The number of hydrogen-bond donors (Lipinski definition) is 1. The Hall–Kier alpha value is -4.25. The maximum Gasteiger partial charge on any atom is 0.339 e. The lowest BCUT2D eigenvalue weighted by molar-refractivity contribution is -0.385. The largest absolute Gasteiger partial charge is 0.449 e. The van der Waals surface area contributed by atoms with Gasteiger partial charge in [-0.2, -0.15) is 8.42 Å². The number of para-hydroxylation sites is 1. The summed E-state index contributed by atoms with van der Waals surface area (Å²) in [7, 11) is -4.37. The van der Waals surface area contributed by atoms with Gasteiger partial charge < -0.3 is 14.2 Å². The lowest BCUT2D eigenvalue weighted by Gasteiger charge is -2.15. The highest BCUT2D eigenvalue weighted by atomic mass is 32.2. The number of carbonyl (C=O) groups excluding carboxylic acids is 2. The highest BCUT2D eigenvalue weighted by Crippen LogP contribution is 2.25. The summed E-state index contributed by atoms with van der Waals surface area (Å²) in [6, 6.07) is 15.6. The highest BCUT2D eigenvalue weighted by molar-refractivity contribution is 7.87. The van der Waals surface area contributed by atoms with Gasteiger partial charge in [-0.1, -0.05) is 24.3 Å². The second-order valence-electron chi connectivity index (χ2n) is 7.62. The molecule has 0 aliphatic carbocycles. The van der Waals surface area contributed by atoms with E-state index in [4.69, 9.17) is 8.92 Å². The number of nitro groups is 1. The Morgan fingerprint density at radius 1 is 0.971 bits per heavy atom. The Labute approximate surface area is 201 Å².